The molecule has 1 aromatic rings. The van der Waals surface area contributed by atoms with Crippen LogP contribution in [0.4, 0.5) is 4.39 Å². The zero-order valence-electron chi connectivity index (χ0n) is 10.6. The van der Waals surface area contributed by atoms with Crippen LogP contribution in [-0.4, -0.2) is 24.7 Å². The van der Waals surface area contributed by atoms with E-state index in [-0.39, 0.29) is 0 Å². The van der Waals surface area contributed by atoms with Gasteiger partial charge in [0.1, 0.15) is 6.04 Å². The van der Waals surface area contributed by atoms with Crippen molar-refractivity contribution in [1.82, 2.24) is 5.32 Å². The van der Waals surface area contributed by atoms with Crippen molar-refractivity contribution >= 4 is 5.97 Å². The van der Waals surface area contributed by atoms with E-state index in [1.807, 2.05) is 6.92 Å². The average molecular weight is 255 g/mol. The van der Waals surface area contributed by atoms with Gasteiger partial charge < -0.3 is 15.2 Å². The number of aromatic hydroxyl groups is 1. The van der Waals surface area contributed by atoms with E-state index in [0.29, 0.717) is 12.2 Å². The van der Waals surface area contributed by atoms with Gasteiger partial charge in [-0.3, -0.25) is 0 Å². The summed E-state index contributed by atoms with van der Waals surface area (Å²) in [7, 11) is 1.59. The monoisotopic (exact) mass is 255 g/mol. The lowest BCUT2D eigenvalue weighted by molar-refractivity contribution is -0.146. The van der Waals surface area contributed by atoms with Gasteiger partial charge in [-0.25, -0.2) is 9.18 Å². The first-order chi connectivity index (χ1) is 8.60. The number of esters is 1. The fourth-order valence-electron chi connectivity index (χ4n) is 1.52. The number of nitrogens with one attached hydrogen (secondary N) is 1. The SMILES string of the molecule is CCCCOC(=O)C(NC)c1ccc(O)c(F)c1. The summed E-state index contributed by atoms with van der Waals surface area (Å²) < 4.78 is 18.3. The molecule has 0 radical (unpaired) electrons. The van der Waals surface area contributed by atoms with Crippen LogP contribution in [0.5, 0.6) is 5.75 Å². The highest BCUT2D eigenvalue weighted by molar-refractivity contribution is 5.77. The molecule has 5 heteroatoms. The average Bonchev–Trinajstić information content (AvgIpc) is 2.35. The van der Waals surface area contributed by atoms with Crippen LogP contribution in [0.1, 0.15) is 31.4 Å². The number of hydrogen-bond acceptors (Lipinski definition) is 4. The maximum absolute atomic E-state index is 13.2. The number of benzene rings is 1. The van der Waals surface area contributed by atoms with E-state index < -0.39 is 23.6 Å². The van der Waals surface area contributed by atoms with E-state index in [2.05, 4.69) is 5.32 Å². The van der Waals surface area contributed by atoms with Crippen molar-refractivity contribution in [3.63, 3.8) is 0 Å². The van der Waals surface area contributed by atoms with Gasteiger partial charge in [0.2, 0.25) is 0 Å². The van der Waals surface area contributed by atoms with Gasteiger partial charge in [0.05, 0.1) is 6.61 Å². The fourth-order valence-corrected chi connectivity index (χ4v) is 1.52. The predicted molar refractivity (Wildman–Crippen MR) is 65.7 cm³/mol. The molecule has 18 heavy (non-hydrogen) atoms. The van der Waals surface area contributed by atoms with Crippen molar-refractivity contribution in [2.75, 3.05) is 13.7 Å². The Hall–Kier alpha value is -1.62. The highest BCUT2D eigenvalue weighted by atomic mass is 19.1. The molecular weight excluding hydrogens is 237 g/mol. The molecule has 0 fully saturated rings. The Labute approximate surface area is 106 Å². The summed E-state index contributed by atoms with van der Waals surface area (Å²) in [6.45, 7) is 2.35. The van der Waals surface area contributed by atoms with Gasteiger partial charge in [-0.2, -0.15) is 0 Å². The summed E-state index contributed by atoms with van der Waals surface area (Å²) in [6.07, 6.45) is 1.73. The molecule has 0 bridgehead atoms. The number of phenols is 1. The molecule has 1 unspecified atom stereocenters. The number of hydrogen-bond donors (Lipinski definition) is 2. The molecule has 2 N–H and O–H groups in total. The maximum Gasteiger partial charge on any atom is 0.327 e. The molecule has 1 rings (SSSR count). The lowest BCUT2D eigenvalue weighted by Crippen LogP contribution is -2.27. The molecule has 0 spiro atoms. The zero-order valence-corrected chi connectivity index (χ0v) is 10.6. The predicted octanol–water partition coefficient (Wildman–Crippen LogP) is 2.14. The molecule has 0 aliphatic rings. The molecule has 0 aliphatic carbocycles. The van der Waals surface area contributed by atoms with Gasteiger partial charge in [0.25, 0.3) is 0 Å². The zero-order chi connectivity index (χ0) is 13.5. The van der Waals surface area contributed by atoms with Crippen LogP contribution in [-0.2, 0) is 9.53 Å². The Morgan fingerprint density at radius 2 is 2.28 bits per heavy atom. The van der Waals surface area contributed by atoms with E-state index in [4.69, 9.17) is 9.84 Å². The number of unbranched alkanes of at least 4 members (excludes halogenated alkanes) is 1. The quantitative estimate of drug-likeness (QED) is 0.604. The number of carbonyl (C=O) groups is 1. The van der Waals surface area contributed by atoms with Crippen molar-refractivity contribution in [3.05, 3.63) is 29.6 Å². The second kappa shape index (κ2) is 6.96. The van der Waals surface area contributed by atoms with Crippen LogP contribution in [0.2, 0.25) is 0 Å². The van der Waals surface area contributed by atoms with Crippen LogP contribution < -0.4 is 5.32 Å². The number of likely N-dealkylation sites (N-methyl/N-ethyl adjacent to an activating group) is 1. The Morgan fingerprint density at radius 1 is 1.56 bits per heavy atom. The molecule has 0 saturated heterocycles. The normalized spacial score (nSPS) is 12.2. The van der Waals surface area contributed by atoms with Crippen molar-refractivity contribution in [3.8, 4) is 5.75 Å². The van der Waals surface area contributed by atoms with Gasteiger partial charge in [0.15, 0.2) is 11.6 Å². The molecule has 4 nitrogen and oxygen atoms in total. The Balaban J connectivity index is 2.75. The summed E-state index contributed by atoms with van der Waals surface area (Å²) in [5, 5.41) is 11.9. The number of phenolic OH excluding ortho intramolecular Hbond substituents is 1. The number of ether oxygens (including phenoxy) is 1. The molecule has 0 amide bonds. The number of carbonyl (C=O) groups excluding carboxylic acids is 1. The minimum atomic E-state index is -0.755. The smallest absolute Gasteiger partial charge is 0.327 e. The Kier molecular flexibility index (Phi) is 5.58. The van der Waals surface area contributed by atoms with Crippen molar-refractivity contribution in [2.24, 2.45) is 0 Å². The van der Waals surface area contributed by atoms with E-state index >= 15 is 0 Å². The van der Waals surface area contributed by atoms with Crippen LogP contribution in [0.15, 0.2) is 18.2 Å². The lowest BCUT2D eigenvalue weighted by atomic mass is 10.1. The van der Waals surface area contributed by atoms with E-state index in [1.165, 1.54) is 12.1 Å². The molecule has 0 heterocycles. The molecule has 0 aliphatic heterocycles. The minimum absolute atomic E-state index is 0.355. The van der Waals surface area contributed by atoms with Gasteiger partial charge in [-0.15, -0.1) is 0 Å². The first-order valence-electron chi connectivity index (χ1n) is 5.92. The topological polar surface area (TPSA) is 58.6 Å². The van der Waals surface area contributed by atoms with Crippen molar-refractivity contribution in [2.45, 2.75) is 25.8 Å². The van der Waals surface area contributed by atoms with Crippen molar-refractivity contribution in [1.29, 1.82) is 0 Å². The first kappa shape index (κ1) is 14.4. The summed E-state index contributed by atoms with van der Waals surface area (Å²) in [6, 6.07) is 3.10. The van der Waals surface area contributed by atoms with Crippen molar-refractivity contribution < 1.29 is 19.0 Å². The summed E-state index contributed by atoms with van der Waals surface area (Å²) in [5.74, 6) is -1.64. The highest BCUT2D eigenvalue weighted by Crippen LogP contribution is 2.21. The fraction of sp³-hybridized carbons (Fsp3) is 0.462. The molecule has 100 valence electrons. The molecule has 0 saturated carbocycles. The molecule has 1 atom stereocenters. The largest absolute Gasteiger partial charge is 0.505 e. The van der Waals surface area contributed by atoms with E-state index in [0.717, 1.165) is 18.9 Å². The highest BCUT2D eigenvalue weighted by Gasteiger charge is 2.21. The second-order valence-electron chi connectivity index (χ2n) is 3.95. The number of halogens is 1. The van der Waals surface area contributed by atoms with E-state index in [1.54, 1.807) is 7.05 Å². The number of rotatable bonds is 6. The lowest BCUT2D eigenvalue weighted by Gasteiger charge is -2.15. The summed E-state index contributed by atoms with van der Waals surface area (Å²) >= 11 is 0. The van der Waals surface area contributed by atoms with E-state index in [9.17, 15) is 9.18 Å². The third-order valence-electron chi connectivity index (χ3n) is 2.57. The van der Waals surface area contributed by atoms with Gasteiger partial charge in [0, 0.05) is 0 Å². The Bertz CT molecular complexity index is 409. The second-order valence-corrected chi connectivity index (χ2v) is 3.95. The Morgan fingerprint density at radius 3 is 2.83 bits per heavy atom. The van der Waals surface area contributed by atoms with Crippen LogP contribution in [0.25, 0.3) is 0 Å². The van der Waals surface area contributed by atoms with Gasteiger partial charge >= 0.3 is 5.97 Å². The van der Waals surface area contributed by atoms with Gasteiger partial charge in [-0.05, 0) is 31.2 Å². The molecule has 1 aromatic carbocycles. The third-order valence-corrected chi connectivity index (χ3v) is 2.57. The summed E-state index contributed by atoms with van der Waals surface area (Å²) in [5.41, 5.74) is 0.425. The first-order valence-corrected chi connectivity index (χ1v) is 5.92. The standard InChI is InChI=1S/C13H18FNO3/c1-3-4-7-18-13(17)12(15-2)9-5-6-11(16)10(14)8-9/h5-6,8,12,15-16H,3-4,7H2,1-2H3. The van der Waals surface area contributed by atoms with Gasteiger partial charge in [-0.1, -0.05) is 19.4 Å². The summed E-state index contributed by atoms with van der Waals surface area (Å²) in [4.78, 5) is 11.8. The molecular formula is C13H18FNO3. The van der Waals surface area contributed by atoms with Crippen LogP contribution >= 0.6 is 0 Å². The van der Waals surface area contributed by atoms with Crippen LogP contribution in [0, 0.1) is 5.82 Å². The maximum atomic E-state index is 13.2. The van der Waals surface area contributed by atoms with Crippen LogP contribution in [0.3, 0.4) is 0 Å². The minimum Gasteiger partial charge on any atom is -0.505 e. The third kappa shape index (κ3) is 3.70. The molecule has 0 aromatic heterocycles.